The summed E-state index contributed by atoms with van der Waals surface area (Å²) in [5.74, 6) is 0.904. The molecule has 2 aromatic carbocycles. The maximum atomic E-state index is 12.6. The Morgan fingerprint density at radius 2 is 1.96 bits per heavy atom. The predicted octanol–water partition coefficient (Wildman–Crippen LogP) is 5.09. The number of nitrogens with zero attached hydrogens (tertiary/aromatic N) is 1. The Labute approximate surface area is 163 Å². The lowest BCUT2D eigenvalue weighted by Crippen LogP contribution is -2.12. The summed E-state index contributed by atoms with van der Waals surface area (Å²) in [6.07, 6.45) is 0. The third-order valence-corrected chi connectivity index (χ3v) is 4.88. The molecule has 1 aromatic heterocycles. The van der Waals surface area contributed by atoms with Crippen molar-refractivity contribution in [2.24, 2.45) is 0 Å². The lowest BCUT2D eigenvalue weighted by Gasteiger charge is -2.10. The van der Waals surface area contributed by atoms with E-state index in [-0.39, 0.29) is 5.91 Å². The Morgan fingerprint density at radius 3 is 2.70 bits per heavy atom. The molecule has 1 amide bonds. The highest BCUT2D eigenvalue weighted by Crippen LogP contribution is 2.30. The number of hydrogen-bond donors (Lipinski definition) is 1. The number of ether oxygens (including phenoxy) is 2. The van der Waals surface area contributed by atoms with Crippen molar-refractivity contribution in [1.29, 1.82) is 0 Å². The van der Waals surface area contributed by atoms with Crippen LogP contribution in [0.4, 0.5) is 5.13 Å². The first kappa shape index (κ1) is 18.9. The highest BCUT2D eigenvalue weighted by Gasteiger charge is 2.14. The molecule has 0 aliphatic carbocycles. The number of hydrogen-bond acceptors (Lipinski definition) is 5. The van der Waals surface area contributed by atoms with Gasteiger partial charge in [0.05, 0.1) is 19.4 Å². The van der Waals surface area contributed by atoms with Crippen molar-refractivity contribution in [2.45, 2.75) is 20.8 Å². The average Bonchev–Trinajstić information content (AvgIpc) is 3.12. The van der Waals surface area contributed by atoms with Gasteiger partial charge in [-0.15, -0.1) is 11.3 Å². The number of aryl methyl sites for hydroxylation is 2. The smallest absolute Gasteiger partial charge is 0.257 e. The number of carbonyl (C=O) groups excluding carboxylic acids is 1. The van der Waals surface area contributed by atoms with Gasteiger partial charge in [-0.1, -0.05) is 17.7 Å². The van der Waals surface area contributed by atoms with Crippen molar-refractivity contribution in [2.75, 3.05) is 19.0 Å². The molecule has 0 saturated heterocycles. The third-order valence-electron chi connectivity index (χ3n) is 4.12. The minimum absolute atomic E-state index is 0.238. The second-order valence-electron chi connectivity index (χ2n) is 6.11. The SMILES string of the molecule is CCOc1ccc(C(=O)Nc2nc(-c3cc(C)ccc3C)cs2)cc1OC. The zero-order valence-corrected chi connectivity index (χ0v) is 16.6. The van der Waals surface area contributed by atoms with E-state index < -0.39 is 0 Å². The van der Waals surface area contributed by atoms with Gasteiger partial charge in [0.2, 0.25) is 0 Å². The van der Waals surface area contributed by atoms with Crippen LogP contribution in [-0.4, -0.2) is 24.6 Å². The van der Waals surface area contributed by atoms with Gasteiger partial charge in [0.25, 0.3) is 5.91 Å². The first-order chi connectivity index (χ1) is 13.0. The molecule has 0 radical (unpaired) electrons. The van der Waals surface area contributed by atoms with E-state index in [1.807, 2.05) is 12.3 Å². The molecule has 0 saturated carbocycles. The molecule has 0 aliphatic rings. The summed E-state index contributed by atoms with van der Waals surface area (Å²) in [4.78, 5) is 17.1. The maximum Gasteiger partial charge on any atom is 0.257 e. The maximum absolute atomic E-state index is 12.6. The van der Waals surface area contributed by atoms with E-state index in [1.165, 1.54) is 16.9 Å². The lowest BCUT2D eigenvalue weighted by molar-refractivity contribution is 0.102. The van der Waals surface area contributed by atoms with Gasteiger partial charge in [0, 0.05) is 16.5 Å². The molecule has 1 N–H and O–H groups in total. The van der Waals surface area contributed by atoms with Crippen LogP contribution in [0.5, 0.6) is 11.5 Å². The van der Waals surface area contributed by atoms with Crippen molar-refractivity contribution in [3.8, 4) is 22.8 Å². The quantitative estimate of drug-likeness (QED) is 0.645. The van der Waals surface area contributed by atoms with Crippen molar-refractivity contribution in [3.63, 3.8) is 0 Å². The molecule has 0 fully saturated rings. The molecule has 0 unspecified atom stereocenters. The Hall–Kier alpha value is -2.86. The molecule has 0 bridgehead atoms. The summed E-state index contributed by atoms with van der Waals surface area (Å²) < 4.78 is 10.8. The van der Waals surface area contributed by atoms with Crippen LogP contribution in [0.25, 0.3) is 11.3 Å². The molecular weight excluding hydrogens is 360 g/mol. The molecular formula is C21H22N2O3S. The van der Waals surface area contributed by atoms with Gasteiger partial charge < -0.3 is 9.47 Å². The molecule has 0 atom stereocenters. The Kier molecular flexibility index (Phi) is 5.76. The summed E-state index contributed by atoms with van der Waals surface area (Å²) in [7, 11) is 1.55. The Bertz CT molecular complexity index is 966. The summed E-state index contributed by atoms with van der Waals surface area (Å²) in [6, 6.07) is 11.4. The highest BCUT2D eigenvalue weighted by atomic mass is 32.1. The van der Waals surface area contributed by atoms with Crippen LogP contribution in [-0.2, 0) is 0 Å². The van der Waals surface area contributed by atoms with Crippen LogP contribution in [0.2, 0.25) is 0 Å². The van der Waals surface area contributed by atoms with Gasteiger partial charge in [-0.3, -0.25) is 10.1 Å². The minimum atomic E-state index is -0.238. The lowest BCUT2D eigenvalue weighted by atomic mass is 10.0. The standard InChI is InChI=1S/C21H22N2O3S/c1-5-26-18-9-8-15(11-19(18)25-4)20(24)23-21-22-17(12-27-21)16-10-13(2)6-7-14(16)3/h6-12H,5H2,1-4H3,(H,22,23,24). The fraction of sp³-hybridized carbons (Fsp3) is 0.238. The fourth-order valence-corrected chi connectivity index (χ4v) is 3.43. The van der Waals surface area contributed by atoms with Gasteiger partial charge in [0.1, 0.15) is 0 Å². The van der Waals surface area contributed by atoms with Crippen LogP contribution >= 0.6 is 11.3 Å². The van der Waals surface area contributed by atoms with E-state index in [1.54, 1.807) is 25.3 Å². The molecule has 27 heavy (non-hydrogen) atoms. The zero-order chi connectivity index (χ0) is 19.4. The van der Waals surface area contributed by atoms with Crippen molar-refractivity contribution in [3.05, 3.63) is 58.5 Å². The number of aromatic nitrogens is 1. The Balaban J connectivity index is 1.79. The molecule has 0 aliphatic heterocycles. The van der Waals surface area contributed by atoms with E-state index in [0.29, 0.717) is 28.8 Å². The van der Waals surface area contributed by atoms with Gasteiger partial charge >= 0.3 is 0 Å². The van der Waals surface area contributed by atoms with Crippen molar-refractivity contribution < 1.29 is 14.3 Å². The first-order valence-electron chi connectivity index (χ1n) is 8.67. The average molecular weight is 382 g/mol. The molecule has 6 heteroatoms. The molecule has 3 rings (SSSR count). The highest BCUT2D eigenvalue weighted by molar-refractivity contribution is 7.14. The van der Waals surface area contributed by atoms with E-state index >= 15 is 0 Å². The number of amides is 1. The van der Waals surface area contributed by atoms with Gasteiger partial charge in [-0.2, -0.15) is 0 Å². The van der Waals surface area contributed by atoms with Crippen LogP contribution in [0.15, 0.2) is 41.8 Å². The van der Waals surface area contributed by atoms with Crippen molar-refractivity contribution >= 4 is 22.4 Å². The van der Waals surface area contributed by atoms with E-state index in [0.717, 1.165) is 16.8 Å². The van der Waals surface area contributed by atoms with Crippen LogP contribution < -0.4 is 14.8 Å². The first-order valence-corrected chi connectivity index (χ1v) is 9.55. The van der Waals surface area contributed by atoms with Crippen molar-refractivity contribution in [1.82, 2.24) is 4.98 Å². The normalized spacial score (nSPS) is 10.5. The fourth-order valence-electron chi connectivity index (χ4n) is 2.72. The van der Waals surface area contributed by atoms with Crippen LogP contribution in [0.1, 0.15) is 28.4 Å². The minimum Gasteiger partial charge on any atom is -0.493 e. The largest absolute Gasteiger partial charge is 0.493 e. The number of anilines is 1. The summed E-state index contributed by atoms with van der Waals surface area (Å²) in [5.41, 5.74) is 4.75. The molecule has 1 heterocycles. The number of rotatable bonds is 6. The second-order valence-corrected chi connectivity index (χ2v) is 6.97. The molecule has 140 valence electrons. The Morgan fingerprint density at radius 1 is 1.15 bits per heavy atom. The monoisotopic (exact) mass is 382 g/mol. The summed E-state index contributed by atoms with van der Waals surface area (Å²) >= 11 is 1.40. The van der Waals surface area contributed by atoms with Gasteiger partial charge in [-0.25, -0.2) is 4.98 Å². The summed E-state index contributed by atoms with van der Waals surface area (Å²) in [5, 5.41) is 5.37. The molecule has 0 spiro atoms. The number of carbonyl (C=O) groups is 1. The second kappa shape index (κ2) is 8.22. The number of nitrogens with one attached hydrogen (secondary N) is 1. The van der Waals surface area contributed by atoms with Crippen LogP contribution in [0, 0.1) is 13.8 Å². The molecule has 5 nitrogen and oxygen atoms in total. The number of benzene rings is 2. The molecule has 3 aromatic rings. The van der Waals surface area contributed by atoms with E-state index in [9.17, 15) is 4.79 Å². The topological polar surface area (TPSA) is 60.5 Å². The van der Waals surface area contributed by atoms with Gasteiger partial charge in [0.15, 0.2) is 16.6 Å². The van der Waals surface area contributed by atoms with E-state index in [4.69, 9.17) is 9.47 Å². The van der Waals surface area contributed by atoms with E-state index in [2.05, 4.69) is 42.3 Å². The van der Waals surface area contributed by atoms with Gasteiger partial charge in [-0.05, 0) is 50.6 Å². The number of thiazole rings is 1. The summed E-state index contributed by atoms with van der Waals surface area (Å²) in [6.45, 7) is 6.54. The van der Waals surface area contributed by atoms with Crippen LogP contribution in [0.3, 0.4) is 0 Å². The zero-order valence-electron chi connectivity index (χ0n) is 15.8. The predicted molar refractivity (Wildman–Crippen MR) is 109 cm³/mol. The number of methoxy groups -OCH3 is 1. The third kappa shape index (κ3) is 4.28.